The minimum absolute atomic E-state index is 0.414. The molecule has 1 aliphatic rings. The molecule has 3 nitrogen and oxygen atoms in total. The summed E-state index contributed by atoms with van der Waals surface area (Å²) in [5.41, 5.74) is 2.32. The number of para-hydroxylation sites is 1. The van der Waals surface area contributed by atoms with Gasteiger partial charge < -0.3 is 5.32 Å². The highest BCUT2D eigenvalue weighted by Crippen LogP contribution is 2.35. The van der Waals surface area contributed by atoms with Crippen molar-refractivity contribution < 1.29 is 0 Å². The Morgan fingerprint density at radius 2 is 1.95 bits per heavy atom. The summed E-state index contributed by atoms with van der Waals surface area (Å²) in [4.78, 5) is 0. The van der Waals surface area contributed by atoms with E-state index in [4.69, 9.17) is 5.10 Å². The molecule has 0 bridgehead atoms. The summed E-state index contributed by atoms with van der Waals surface area (Å²) >= 11 is 0. The van der Waals surface area contributed by atoms with E-state index in [0.717, 1.165) is 18.2 Å². The van der Waals surface area contributed by atoms with Crippen LogP contribution in [0.4, 0.5) is 0 Å². The van der Waals surface area contributed by atoms with E-state index in [1.807, 2.05) is 10.7 Å². The van der Waals surface area contributed by atoms with Gasteiger partial charge in [0.1, 0.15) is 0 Å². The average Bonchev–Trinajstić information content (AvgIpc) is 3.21. The lowest BCUT2D eigenvalue weighted by molar-refractivity contribution is 0.360. The topological polar surface area (TPSA) is 29.9 Å². The summed E-state index contributed by atoms with van der Waals surface area (Å²) < 4.78 is 1.99. The van der Waals surface area contributed by atoms with Crippen LogP contribution in [-0.4, -0.2) is 16.3 Å². The molecule has 112 valence electrons. The molecule has 1 fully saturated rings. The van der Waals surface area contributed by atoms with Gasteiger partial charge in [0.05, 0.1) is 17.4 Å². The van der Waals surface area contributed by atoms with Gasteiger partial charge in [0, 0.05) is 6.20 Å². The molecule has 1 aromatic heterocycles. The van der Waals surface area contributed by atoms with Crippen LogP contribution in [0.2, 0.25) is 0 Å². The Balaban J connectivity index is 1.80. The normalized spacial score (nSPS) is 17.2. The minimum Gasteiger partial charge on any atom is -0.308 e. The molecule has 3 heteroatoms. The third kappa shape index (κ3) is 3.35. The van der Waals surface area contributed by atoms with E-state index in [1.54, 1.807) is 0 Å². The lowest BCUT2D eigenvalue weighted by Crippen LogP contribution is -2.28. The first-order chi connectivity index (χ1) is 10.4. The zero-order valence-corrected chi connectivity index (χ0v) is 12.8. The third-order valence-electron chi connectivity index (χ3n) is 4.43. The van der Waals surface area contributed by atoms with Gasteiger partial charge in [-0.25, -0.2) is 4.68 Å². The van der Waals surface area contributed by atoms with Crippen molar-refractivity contribution in [2.24, 2.45) is 5.92 Å². The van der Waals surface area contributed by atoms with Crippen LogP contribution in [0.25, 0.3) is 5.69 Å². The first-order valence-corrected chi connectivity index (χ1v) is 8.23. The second-order valence-corrected chi connectivity index (χ2v) is 6.00. The van der Waals surface area contributed by atoms with E-state index in [0.29, 0.717) is 6.04 Å². The lowest BCUT2D eigenvalue weighted by Gasteiger charge is -2.23. The largest absolute Gasteiger partial charge is 0.308 e. The van der Waals surface area contributed by atoms with E-state index in [1.165, 1.54) is 37.8 Å². The molecule has 2 aromatic rings. The van der Waals surface area contributed by atoms with Crippen LogP contribution in [-0.2, 0) is 0 Å². The molecule has 1 atom stereocenters. The van der Waals surface area contributed by atoms with Crippen molar-refractivity contribution in [3.05, 3.63) is 48.3 Å². The standard InChI is InChI=1S/C18H25N3/c1-2-13-19-18(15-8-6-7-9-15)17-12-14-21(20-17)16-10-4-3-5-11-16/h3-5,10-12,14-15,18-19H,2,6-9,13H2,1H3. The van der Waals surface area contributed by atoms with Gasteiger partial charge in [0.2, 0.25) is 0 Å². The second kappa shape index (κ2) is 6.90. The zero-order chi connectivity index (χ0) is 14.5. The van der Waals surface area contributed by atoms with Gasteiger partial charge in [-0.3, -0.25) is 0 Å². The molecule has 21 heavy (non-hydrogen) atoms. The number of rotatable bonds is 6. The van der Waals surface area contributed by atoms with Crippen molar-refractivity contribution in [1.29, 1.82) is 0 Å². The fourth-order valence-electron chi connectivity index (χ4n) is 3.33. The Kier molecular flexibility index (Phi) is 4.71. The summed E-state index contributed by atoms with van der Waals surface area (Å²) in [7, 11) is 0. The summed E-state index contributed by atoms with van der Waals surface area (Å²) in [6.45, 7) is 3.29. The fraction of sp³-hybridized carbons (Fsp3) is 0.500. The van der Waals surface area contributed by atoms with Gasteiger partial charge >= 0.3 is 0 Å². The van der Waals surface area contributed by atoms with Crippen molar-refractivity contribution in [1.82, 2.24) is 15.1 Å². The second-order valence-electron chi connectivity index (χ2n) is 6.00. The number of nitrogens with zero attached hydrogens (tertiary/aromatic N) is 2. The molecule has 0 radical (unpaired) electrons. The summed E-state index contributed by atoms with van der Waals surface area (Å²) in [6, 6.07) is 12.9. The van der Waals surface area contributed by atoms with Crippen molar-refractivity contribution in [2.45, 2.75) is 45.1 Å². The van der Waals surface area contributed by atoms with Crippen LogP contribution in [0, 0.1) is 5.92 Å². The lowest BCUT2D eigenvalue weighted by atomic mass is 9.95. The average molecular weight is 283 g/mol. The molecular formula is C18H25N3. The summed E-state index contributed by atoms with van der Waals surface area (Å²) in [6.07, 6.45) is 8.66. The quantitative estimate of drug-likeness (QED) is 0.865. The number of benzene rings is 1. The Bertz CT molecular complexity index is 541. The van der Waals surface area contributed by atoms with Crippen molar-refractivity contribution in [2.75, 3.05) is 6.54 Å². The van der Waals surface area contributed by atoms with Crippen LogP contribution in [0.3, 0.4) is 0 Å². The maximum Gasteiger partial charge on any atom is 0.0801 e. The Labute approximate surface area is 127 Å². The number of hydrogen-bond acceptors (Lipinski definition) is 2. The molecule has 0 amide bonds. The highest BCUT2D eigenvalue weighted by Gasteiger charge is 2.27. The molecule has 1 unspecified atom stereocenters. The van der Waals surface area contributed by atoms with Crippen molar-refractivity contribution in [3.63, 3.8) is 0 Å². The van der Waals surface area contributed by atoms with Crippen LogP contribution < -0.4 is 5.32 Å². The first-order valence-electron chi connectivity index (χ1n) is 8.23. The minimum atomic E-state index is 0.414. The molecule has 1 saturated carbocycles. The van der Waals surface area contributed by atoms with Crippen LogP contribution in [0.15, 0.2) is 42.6 Å². The summed E-state index contributed by atoms with van der Waals surface area (Å²) in [5, 5.41) is 8.55. The maximum atomic E-state index is 4.83. The van der Waals surface area contributed by atoms with E-state index in [-0.39, 0.29) is 0 Å². The van der Waals surface area contributed by atoms with Gasteiger partial charge in [-0.15, -0.1) is 0 Å². The first kappa shape index (κ1) is 14.3. The number of hydrogen-bond donors (Lipinski definition) is 1. The SMILES string of the molecule is CCCNC(c1ccn(-c2ccccc2)n1)C1CCCC1. The van der Waals surface area contributed by atoms with Crippen LogP contribution in [0.1, 0.15) is 50.8 Å². The van der Waals surface area contributed by atoms with E-state index in [2.05, 4.69) is 48.8 Å². The molecule has 0 saturated heterocycles. The van der Waals surface area contributed by atoms with Crippen molar-refractivity contribution in [3.8, 4) is 5.69 Å². The van der Waals surface area contributed by atoms with Gasteiger partial charge in [-0.05, 0) is 49.9 Å². The smallest absolute Gasteiger partial charge is 0.0801 e. The van der Waals surface area contributed by atoms with Crippen LogP contribution >= 0.6 is 0 Å². The molecule has 0 aliphatic heterocycles. The van der Waals surface area contributed by atoms with Gasteiger partial charge in [0.25, 0.3) is 0 Å². The predicted molar refractivity (Wildman–Crippen MR) is 86.6 cm³/mol. The van der Waals surface area contributed by atoms with E-state index < -0.39 is 0 Å². The van der Waals surface area contributed by atoms with E-state index in [9.17, 15) is 0 Å². The van der Waals surface area contributed by atoms with Crippen LogP contribution in [0.5, 0.6) is 0 Å². The zero-order valence-electron chi connectivity index (χ0n) is 12.8. The Morgan fingerprint density at radius 3 is 2.67 bits per heavy atom. The van der Waals surface area contributed by atoms with Gasteiger partial charge in [-0.2, -0.15) is 5.10 Å². The Morgan fingerprint density at radius 1 is 1.19 bits per heavy atom. The molecule has 1 N–H and O–H groups in total. The summed E-state index contributed by atoms with van der Waals surface area (Å²) in [5.74, 6) is 0.746. The highest BCUT2D eigenvalue weighted by molar-refractivity contribution is 5.30. The molecule has 1 aliphatic carbocycles. The van der Waals surface area contributed by atoms with Crippen molar-refractivity contribution >= 4 is 0 Å². The number of aromatic nitrogens is 2. The highest BCUT2D eigenvalue weighted by atomic mass is 15.3. The van der Waals surface area contributed by atoms with E-state index >= 15 is 0 Å². The third-order valence-corrected chi connectivity index (χ3v) is 4.43. The Hall–Kier alpha value is -1.61. The van der Waals surface area contributed by atoms with Gasteiger partial charge in [0.15, 0.2) is 0 Å². The monoisotopic (exact) mass is 283 g/mol. The molecule has 0 spiro atoms. The fourth-order valence-corrected chi connectivity index (χ4v) is 3.33. The van der Waals surface area contributed by atoms with Gasteiger partial charge in [-0.1, -0.05) is 38.0 Å². The molecule has 3 rings (SSSR count). The molecular weight excluding hydrogens is 258 g/mol. The molecule has 1 aromatic carbocycles. The maximum absolute atomic E-state index is 4.83. The number of nitrogens with one attached hydrogen (secondary N) is 1. The molecule has 1 heterocycles. The predicted octanol–water partition coefficient (Wildman–Crippen LogP) is 4.10.